The summed E-state index contributed by atoms with van der Waals surface area (Å²) >= 11 is 1.34. The van der Waals surface area contributed by atoms with Gasteiger partial charge in [-0.25, -0.2) is 4.98 Å². The van der Waals surface area contributed by atoms with Crippen LogP contribution in [0.1, 0.15) is 35.9 Å². The van der Waals surface area contributed by atoms with E-state index in [4.69, 9.17) is 4.42 Å². The minimum atomic E-state index is -0.358. The van der Waals surface area contributed by atoms with Gasteiger partial charge in [-0.05, 0) is 44.0 Å². The Balaban J connectivity index is 1.50. The Bertz CT molecular complexity index is 999. The van der Waals surface area contributed by atoms with Gasteiger partial charge in [-0.3, -0.25) is 9.59 Å². The van der Waals surface area contributed by atoms with E-state index < -0.39 is 0 Å². The van der Waals surface area contributed by atoms with Crippen molar-refractivity contribution in [1.82, 2.24) is 15.6 Å². The van der Waals surface area contributed by atoms with Crippen LogP contribution in [0.5, 0.6) is 0 Å². The number of para-hydroxylation sites is 1. The minimum Gasteiger partial charge on any atom is -0.467 e. The van der Waals surface area contributed by atoms with E-state index in [0.29, 0.717) is 22.9 Å². The average molecular weight is 395 g/mol. The van der Waals surface area contributed by atoms with Crippen molar-refractivity contribution in [2.75, 3.05) is 0 Å². The normalized spacial score (nSPS) is 14.6. The van der Waals surface area contributed by atoms with E-state index in [1.165, 1.54) is 11.8 Å². The van der Waals surface area contributed by atoms with Gasteiger partial charge in [-0.2, -0.15) is 0 Å². The first-order valence-corrected chi connectivity index (χ1v) is 10.2. The van der Waals surface area contributed by atoms with Crippen molar-refractivity contribution in [2.24, 2.45) is 0 Å². The Morgan fingerprint density at radius 3 is 2.82 bits per heavy atom. The maximum Gasteiger partial charge on any atom is 0.252 e. The highest BCUT2D eigenvalue weighted by Crippen LogP contribution is 2.28. The fraction of sp³-hybridized carbons (Fsp3) is 0.286. The van der Waals surface area contributed by atoms with Gasteiger partial charge in [-0.1, -0.05) is 30.0 Å². The highest BCUT2D eigenvalue weighted by molar-refractivity contribution is 8.00. The molecule has 0 spiro atoms. The highest BCUT2D eigenvalue weighted by atomic mass is 32.2. The second kappa shape index (κ2) is 8.06. The summed E-state index contributed by atoms with van der Waals surface area (Å²) < 4.78 is 5.23. The third-order valence-electron chi connectivity index (χ3n) is 4.53. The predicted molar refractivity (Wildman–Crippen MR) is 108 cm³/mol. The van der Waals surface area contributed by atoms with Gasteiger partial charge in [0.15, 0.2) is 0 Å². The van der Waals surface area contributed by atoms with Crippen LogP contribution in [-0.2, 0) is 11.3 Å². The van der Waals surface area contributed by atoms with E-state index >= 15 is 0 Å². The van der Waals surface area contributed by atoms with E-state index in [1.54, 1.807) is 18.4 Å². The van der Waals surface area contributed by atoms with Crippen molar-refractivity contribution in [1.29, 1.82) is 0 Å². The number of nitrogens with one attached hydrogen (secondary N) is 2. The maximum absolute atomic E-state index is 12.7. The second-order valence-corrected chi connectivity index (χ2v) is 8.19. The largest absolute Gasteiger partial charge is 0.467 e. The van der Waals surface area contributed by atoms with Crippen LogP contribution >= 0.6 is 11.8 Å². The fourth-order valence-electron chi connectivity index (χ4n) is 2.86. The topological polar surface area (TPSA) is 84.2 Å². The van der Waals surface area contributed by atoms with E-state index in [1.807, 2.05) is 37.3 Å². The quantitative estimate of drug-likeness (QED) is 0.598. The Labute approximate surface area is 167 Å². The zero-order valence-electron chi connectivity index (χ0n) is 15.5. The molecule has 0 aliphatic heterocycles. The molecule has 2 amide bonds. The standard InChI is InChI=1S/C21H21N3O3S/c1-13(20(25)22-12-15-5-4-10-27-15)28-19-11-17(21(26)23-14-8-9-14)16-6-2-3-7-18(16)24-19/h2-7,10-11,13-14H,8-9,12H2,1H3,(H,22,25)(H,23,26)/t13-/m0/s1. The van der Waals surface area contributed by atoms with E-state index in [-0.39, 0.29) is 23.1 Å². The number of amides is 2. The first kappa shape index (κ1) is 18.6. The number of rotatable bonds is 7. The molecule has 0 unspecified atom stereocenters. The van der Waals surface area contributed by atoms with Gasteiger partial charge in [-0.15, -0.1) is 0 Å². The van der Waals surface area contributed by atoms with Crippen LogP contribution in [0.4, 0.5) is 0 Å². The number of aromatic nitrogens is 1. The van der Waals surface area contributed by atoms with Crippen LogP contribution < -0.4 is 10.6 Å². The molecule has 3 aromatic rings. The van der Waals surface area contributed by atoms with Crippen LogP contribution in [0.2, 0.25) is 0 Å². The number of furan rings is 1. The SMILES string of the molecule is C[C@H](Sc1cc(C(=O)NC2CC2)c2ccccc2n1)C(=O)NCc1ccco1. The van der Waals surface area contributed by atoms with Crippen LogP contribution in [0.25, 0.3) is 10.9 Å². The minimum absolute atomic E-state index is 0.0853. The first-order valence-electron chi connectivity index (χ1n) is 9.27. The lowest BCUT2D eigenvalue weighted by Crippen LogP contribution is -2.30. The molecule has 2 N–H and O–H groups in total. The summed E-state index contributed by atoms with van der Waals surface area (Å²) in [5.74, 6) is 0.506. The number of carbonyl (C=O) groups excluding carboxylic acids is 2. The molecule has 0 saturated heterocycles. The zero-order chi connectivity index (χ0) is 19.5. The molecule has 1 saturated carbocycles. The Hall–Kier alpha value is -2.80. The lowest BCUT2D eigenvalue weighted by molar-refractivity contribution is -0.120. The summed E-state index contributed by atoms with van der Waals surface area (Å²) in [6.07, 6.45) is 3.64. The Morgan fingerprint density at radius 1 is 1.25 bits per heavy atom. The molecule has 28 heavy (non-hydrogen) atoms. The molecule has 2 aromatic heterocycles. The maximum atomic E-state index is 12.7. The second-order valence-electron chi connectivity index (χ2n) is 6.83. The molecule has 1 aliphatic carbocycles. The molecule has 0 radical (unpaired) electrons. The Morgan fingerprint density at radius 2 is 2.07 bits per heavy atom. The van der Waals surface area contributed by atoms with Crippen molar-refractivity contribution >= 4 is 34.5 Å². The lowest BCUT2D eigenvalue weighted by Gasteiger charge is -2.13. The number of thioether (sulfide) groups is 1. The monoisotopic (exact) mass is 395 g/mol. The third kappa shape index (κ3) is 4.36. The van der Waals surface area contributed by atoms with Gasteiger partial charge in [0, 0.05) is 11.4 Å². The molecular weight excluding hydrogens is 374 g/mol. The summed E-state index contributed by atoms with van der Waals surface area (Å²) in [6, 6.07) is 13.2. The molecule has 144 valence electrons. The van der Waals surface area contributed by atoms with Gasteiger partial charge in [0.2, 0.25) is 5.91 Å². The molecule has 0 bridgehead atoms. The molecule has 7 heteroatoms. The number of benzene rings is 1. The molecular formula is C21H21N3O3S. The number of pyridine rings is 1. The van der Waals surface area contributed by atoms with Gasteiger partial charge in [0.25, 0.3) is 5.91 Å². The third-order valence-corrected chi connectivity index (χ3v) is 5.55. The predicted octanol–water partition coefficient (Wildman–Crippen LogP) is 3.52. The molecule has 1 aromatic carbocycles. The summed E-state index contributed by atoms with van der Waals surface area (Å²) in [7, 11) is 0. The first-order chi connectivity index (χ1) is 13.6. The smallest absolute Gasteiger partial charge is 0.252 e. The summed E-state index contributed by atoms with van der Waals surface area (Å²) in [6.45, 7) is 2.17. The van der Waals surface area contributed by atoms with Crippen LogP contribution in [0.3, 0.4) is 0 Å². The number of fused-ring (bicyclic) bond motifs is 1. The van der Waals surface area contributed by atoms with Crippen molar-refractivity contribution in [2.45, 2.75) is 42.6 Å². The zero-order valence-corrected chi connectivity index (χ0v) is 16.3. The van der Waals surface area contributed by atoms with Crippen molar-refractivity contribution in [3.63, 3.8) is 0 Å². The highest BCUT2D eigenvalue weighted by Gasteiger charge is 2.25. The summed E-state index contributed by atoms with van der Waals surface area (Å²) in [5.41, 5.74) is 1.35. The summed E-state index contributed by atoms with van der Waals surface area (Å²) in [5, 5.41) is 7.00. The van der Waals surface area contributed by atoms with E-state index in [9.17, 15) is 9.59 Å². The Kier molecular flexibility index (Phi) is 5.34. The van der Waals surface area contributed by atoms with Crippen LogP contribution in [0, 0.1) is 0 Å². The molecule has 2 heterocycles. The lowest BCUT2D eigenvalue weighted by atomic mass is 10.1. The number of hydrogen-bond acceptors (Lipinski definition) is 5. The molecule has 1 atom stereocenters. The molecule has 1 fully saturated rings. The molecule has 6 nitrogen and oxygen atoms in total. The molecule has 4 rings (SSSR count). The average Bonchev–Trinajstić information content (AvgIpc) is 3.35. The number of hydrogen-bond donors (Lipinski definition) is 2. The molecule has 1 aliphatic rings. The number of carbonyl (C=O) groups is 2. The van der Waals surface area contributed by atoms with Gasteiger partial charge in [0.05, 0.1) is 34.2 Å². The van der Waals surface area contributed by atoms with Gasteiger partial charge < -0.3 is 15.1 Å². The van der Waals surface area contributed by atoms with E-state index in [0.717, 1.165) is 23.7 Å². The summed E-state index contributed by atoms with van der Waals surface area (Å²) in [4.78, 5) is 29.7. The van der Waals surface area contributed by atoms with Crippen molar-refractivity contribution < 1.29 is 14.0 Å². The van der Waals surface area contributed by atoms with Gasteiger partial charge in [0.1, 0.15) is 5.76 Å². The number of nitrogens with zero attached hydrogens (tertiary/aromatic N) is 1. The van der Waals surface area contributed by atoms with Gasteiger partial charge >= 0.3 is 0 Å². The van der Waals surface area contributed by atoms with Crippen LogP contribution in [0.15, 0.2) is 58.2 Å². The van der Waals surface area contributed by atoms with Crippen LogP contribution in [-0.4, -0.2) is 28.1 Å². The van der Waals surface area contributed by atoms with E-state index in [2.05, 4.69) is 15.6 Å². The van der Waals surface area contributed by atoms with Crippen molar-refractivity contribution in [3.05, 3.63) is 60.1 Å². The van der Waals surface area contributed by atoms with Crippen molar-refractivity contribution in [3.8, 4) is 0 Å². The fourth-order valence-corrected chi connectivity index (χ4v) is 3.75.